The van der Waals surface area contributed by atoms with Crippen LogP contribution < -0.4 is 15.4 Å². The molecule has 1 saturated heterocycles. The minimum atomic E-state index is -0.245. The Morgan fingerprint density at radius 2 is 2.15 bits per heavy atom. The fraction of sp³-hybridized carbons (Fsp3) is 0.500. The quantitative estimate of drug-likeness (QED) is 0.836. The minimum absolute atomic E-state index is 0. The second-order valence-electron chi connectivity index (χ2n) is 4.91. The molecule has 0 saturated carbocycles. The van der Waals surface area contributed by atoms with Crippen molar-refractivity contribution in [3.05, 3.63) is 29.8 Å². The Labute approximate surface area is 124 Å². The van der Waals surface area contributed by atoms with Crippen LogP contribution in [0, 0.1) is 0 Å². The molecule has 6 heteroatoms. The normalized spacial score (nSPS) is 24.8. The minimum Gasteiger partial charge on any atom is -0.491 e. The van der Waals surface area contributed by atoms with Crippen LogP contribution in [0.4, 0.5) is 0 Å². The average molecular weight is 299 g/mol. The van der Waals surface area contributed by atoms with Gasteiger partial charge in [0.05, 0.1) is 19.3 Å². The number of hydrogen-bond acceptors (Lipinski definition) is 4. The van der Waals surface area contributed by atoms with Crippen molar-refractivity contribution in [3.63, 3.8) is 0 Å². The van der Waals surface area contributed by atoms with Crippen LogP contribution in [0.2, 0.25) is 0 Å². The maximum atomic E-state index is 12.1. The summed E-state index contributed by atoms with van der Waals surface area (Å²) in [5.74, 6) is 0.916. The summed E-state index contributed by atoms with van der Waals surface area (Å²) in [5, 5.41) is 6.17. The van der Waals surface area contributed by atoms with Crippen molar-refractivity contribution in [2.75, 3.05) is 26.4 Å². The highest BCUT2D eigenvalue weighted by Gasteiger charge is 2.26. The van der Waals surface area contributed by atoms with Gasteiger partial charge in [-0.1, -0.05) is 18.2 Å². The zero-order valence-electron chi connectivity index (χ0n) is 11.1. The molecule has 1 amide bonds. The van der Waals surface area contributed by atoms with E-state index in [1.165, 1.54) is 0 Å². The van der Waals surface area contributed by atoms with Crippen molar-refractivity contribution in [1.82, 2.24) is 10.6 Å². The molecular weight excluding hydrogens is 280 g/mol. The molecule has 1 aromatic rings. The summed E-state index contributed by atoms with van der Waals surface area (Å²) in [6, 6.07) is 7.74. The summed E-state index contributed by atoms with van der Waals surface area (Å²) in [7, 11) is 0. The highest BCUT2D eigenvalue weighted by molar-refractivity contribution is 5.85. The van der Waals surface area contributed by atoms with E-state index in [4.69, 9.17) is 9.47 Å². The Morgan fingerprint density at radius 1 is 1.30 bits per heavy atom. The topological polar surface area (TPSA) is 59.6 Å². The highest BCUT2D eigenvalue weighted by Crippen LogP contribution is 2.23. The van der Waals surface area contributed by atoms with E-state index >= 15 is 0 Å². The monoisotopic (exact) mass is 298 g/mol. The van der Waals surface area contributed by atoms with Gasteiger partial charge in [0, 0.05) is 6.54 Å². The number of hydrogen-bond donors (Lipinski definition) is 2. The summed E-state index contributed by atoms with van der Waals surface area (Å²) in [5.41, 5.74) is 1.15. The third-order valence-corrected chi connectivity index (χ3v) is 3.46. The number of nitrogens with one attached hydrogen (secondary N) is 2. The van der Waals surface area contributed by atoms with Gasteiger partial charge in [0.15, 0.2) is 0 Å². The molecule has 0 aliphatic carbocycles. The molecule has 1 fully saturated rings. The van der Waals surface area contributed by atoms with E-state index < -0.39 is 0 Å². The second-order valence-corrected chi connectivity index (χ2v) is 4.91. The number of ether oxygens (including phenoxy) is 2. The number of rotatable bonds is 2. The Hall–Kier alpha value is -1.30. The molecule has 2 atom stereocenters. The molecule has 5 nitrogen and oxygen atoms in total. The summed E-state index contributed by atoms with van der Waals surface area (Å²) >= 11 is 0. The number of fused-ring (bicyclic) bond motifs is 1. The van der Waals surface area contributed by atoms with E-state index in [2.05, 4.69) is 10.6 Å². The van der Waals surface area contributed by atoms with Gasteiger partial charge in [0.25, 0.3) is 0 Å². The maximum Gasteiger partial charge on any atom is 0.239 e. The number of para-hydroxylation sites is 1. The number of benzene rings is 1. The van der Waals surface area contributed by atoms with Gasteiger partial charge in [-0.3, -0.25) is 4.79 Å². The van der Waals surface area contributed by atoms with Gasteiger partial charge < -0.3 is 20.1 Å². The Bertz CT molecular complexity index is 463. The van der Waals surface area contributed by atoms with Crippen LogP contribution in [0.1, 0.15) is 5.56 Å². The number of carbonyl (C=O) groups is 1. The van der Waals surface area contributed by atoms with E-state index in [0.29, 0.717) is 19.8 Å². The molecule has 0 aromatic heterocycles. The molecule has 1 aromatic carbocycles. The van der Waals surface area contributed by atoms with Gasteiger partial charge in [-0.05, 0) is 18.1 Å². The van der Waals surface area contributed by atoms with Crippen LogP contribution in [0.15, 0.2) is 24.3 Å². The number of halogens is 1. The second kappa shape index (κ2) is 6.92. The van der Waals surface area contributed by atoms with Crippen molar-refractivity contribution in [2.45, 2.75) is 18.5 Å². The van der Waals surface area contributed by atoms with Gasteiger partial charge in [0.1, 0.15) is 18.4 Å². The standard InChI is InChI=1S/C14H18N2O3.ClH/c17-14(12-9-18-6-5-15-12)16-11-7-10-3-1-2-4-13(10)19-8-11;/h1-4,11-12,15H,5-9H2,(H,16,17);1H. The van der Waals surface area contributed by atoms with E-state index in [9.17, 15) is 4.79 Å². The molecule has 2 aliphatic heterocycles. The van der Waals surface area contributed by atoms with Crippen LogP contribution in [0.3, 0.4) is 0 Å². The van der Waals surface area contributed by atoms with Crippen molar-refractivity contribution < 1.29 is 14.3 Å². The largest absolute Gasteiger partial charge is 0.491 e. The number of carbonyl (C=O) groups excluding carboxylic acids is 1. The third-order valence-electron chi connectivity index (χ3n) is 3.46. The first-order valence-electron chi connectivity index (χ1n) is 6.65. The summed E-state index contributed by atoms with van der Waals surface area (Å²) < 4.78 is 11.0. The molecule has 0 bridgehead atoms. The lowest BCUT2D eigenvalue weighted by molar-refractivity contribution is -0.126. The Morgan fingerprint density at radius 3 is 2.95 bits per heavy atom. The highest BCUT2D eigenvalue weighted by atomic mass is 35.5. The molecule has 110 valence electrons. The molecule has 2 unspecified atom stereocenters. The summed E-state index contributed by atoms with van der Waals surface area (Å²) in [6.45, 7) is 2.36. The lowest BCUT2D eigenvalue weighted by Gasteiger charge is -2.29. The van der Waals surface area contributed by atoms with Gasteiger partial charge in [-0.25, -0.2) is 0 Å². The summed E-state index contributed by atoms with van der Waals surface area (Å²) in [4.78, 5) is 12.1. The van der Waals surface area contributed by atoms with Crippen molar-refractivity contribution in [3.8, 4) is 5.75 Å². The molecule has 0 radical (unpaired) electrons. The lowest BCUT2D eigenvalue weighted by Crippen LogP contribution is -2.55. The summed E-state index contributed by atoms with van der Waals surface area (Å²) in [6.07, 6.45) is 0.815. The van der Waals surface area contributed by atoms with Crippen LogP contribution in [-0.4, -0.2) is 44.4 Å². The molecule has 2 aliphatic rings. The van der Waals surface area contributed by atoms with Gasteiger partial charge in [0.2, 0.25) is 5.91 Å². The molecule has 2 N–H and O–H groups in total. The van der Waals surface area contributed by atoms with E-state index in [0.717, 1.165) is 24.3 Å². The predicted octanol–water partition coefficient (Wildman–Crippen LogP) is 0.516. The Balaban J connectivity index is 0.00000147. The van der Waals surface area contributed by atoms with Crippen LogP contribution in [-0.2, 0) is 16.0 Å². The molecule has 20 heavy (non-hydrogen) atoms. The zero-order valence-corrected chi connectivity index (χ0v) is 11.9. The van der Waals surface area contributed by atoms with Crippen LogP contribution >= 0.6 is 12.4 Å². The van der Waals surface area contributed by atoms with E-state index in [1.54, 1.807) is 0 Å². The van der Waals surface area contributed by atoms with Crippen molar-refractivity contribution in [2.24, 2.45) is 0 Å². The third kappa shape index (κ3) is 3.42. The van der Waals surface area contributed by atoms with E-state index in [-0.39, 0.29) is 30.4 Å². The molecule has 0 spiro atoms. The molecular formula is C14H19ClN2O3. The van der Waals surface area contributed by atoms with Gasteiger partial charge >= 0.3 is 0 Å². The van der Waals surface area contributed by atoms with Gasteiger partial charge in [-0.2, -0.15) is 0 Å². The van der Waals surface area contributed by atoms with Crippen molar-refractivity contribution in [1.29, 1.82) is 0 Å². The first-order chi connectivity index (χ1) is 9.33. The van der Waals surface area contributed by atoms with Crippen molar-refractivity contribution >= 4 is 18.3 Å². The maximum absolute atomic E-state index is 12.1. The number of amides is 1. The smallest absolute Gasteiger partial charge is 0.239 e. The molecule has 2 heterocycles. The fourth-order valence-electron chi connectivity index (χ4n) is 2.46. The van der Waals surface area contributed by atoms with Gasteiger partial charge in [-0.15, -0.1) is 12.4 Å². The zero-order chi connectivity index (χ0) is 13.1. The average Bonchev–Trinajstić information content (AvgIpc) is 2.48. The SMILES string of the molecule is Cl.O=C(NC1COc2ccccc2C1)C1COCCN1. The van der Waals surface area contributed by atoms with Crippen LogP contribution in [0.5, 0.6) is 5.75 Å². The predicted molar refractivity (Wildman–Crippen MR) is 77.4 cm³/mol. The number of morpholine rings is 1. The van der Waals surface area contributed by atoms with Crippen LogP contribution in [0.25, 0.3) is 0 Å². The first-order valence-corrected chi connectivity index (χ1v) is 6.65. The Kier molecular flexibility index (Phi) is 5.23. The lowest BCUT2D eigenvalue weighted by atomic mass is 10.0. The fourth-order valence-corrected chi connectivity index (χ4v) is 2.46. The van der Waals surface area contributed by atoms with E-state index in [1.807, 2.05) is 24.3 Å². The molecule has 3 rings (SSSR count). The first kappa shape index (κ1) is 15.1.